The van der Waals surface area contributed by atoms with Crippen LogP contribution in [0, 0.1) is 5.92 Å². The first kappa shape index (κ1) is 13.1. The Bertz CT molecular complexity index is 392. The lowest BCUT2D eigenvalue weighted by molar-refractivity contribution is 0.335. The molecule has 0 spiro atoms. The Morgan fingerprint density at radius 2 is 1.95 bits per heavy atom. The fourth-order valence-corrected chi connectivity index (χ4v) is 3.55. The summed E-state index contributed by atoms with van der Waals surface area (Å²) in [6, 6.07) is 0.554. The summed E-state index contributed by atoms with van der Waals surface area (Å²) in [5.74, 6) is 2.93. The van der Waals surface area contributed by atoms with Gasteiger partial charge in [0.2, 0.25) is 0 Å². The summed E-state index contributed by atoms with van der Waals surface area (Å²) in [5, 5.41) is 4.69. The van der Waals surface area contributed by atoms with E-state index in [9.17, 15) is 0 Å². The van der Waals surface area contributed by atoms with Crippen molar-refractivity contribution in [2.24, 2.45) is 11.7 Å². The monoisotopic (exact) mass is 262 g/mol. The van der Waals surface area contributed by atoms with Gasteiger partial charge in [-0.1, -0.05) is 32.1 Å². The van der Waals surface area contributed by atoms with Crippen molar-refractivity contribution in [3.63, 3.8) is 0 Å². The summed E-state index contributed by atoms with van der Waals surface area (Å²) in [7, 11) is 0. The zero-order valence-electron chi connectivity index (χ0n) is 12.0. The Balaban J connectivity index is 1.63. The van der Waals surface area contributed by atoms with Crippen LogP contribution in [0.4, 0.5) is 0 Å². The maximum Gasteiger partial charge on any atom is 0.151 e. The molecule has 1 aliphatic heterocycles. The standard InChI is InChI=1S/C15H26N4/c1-11-7-9-13(16)15-17-14(18-19(11)15)10-8-12-5-3-2-4-6-12/h11-13H,2-10,16H2,1H3. The van der Waals surface area contributed by atoms with E-state index in [0.29, 0.717) is 6.04 Å². The molecule has 0 amide bonds. The second-order valence-electron chi connectivity index (χ2n) is 6.41. The van der Waals surface area contributed by atoms with Gasteiger partial charge < -0.3 is 5.73 Å². The number of nitrogens with two attached hydrogens (primary N) is 1. The second-order valence-corrected chi connectivity index (χ2v) is 6.41. The third-order valence-electron chi connectivity index (χ3n) is 4.85. The molecule has 0 saturated heterocycles. The van der Waals surface area contributed by atoms with Gasteiger partial charge in [0.15, 0.2) is 5.82 Å². The molecule has 4 heteroatoms. The molecule has 2 aliphatic rings. The first-order valence-corrected chi connectivity index (χ1v) is 7.95. The van der Waals surface area contributed by atoms with E-state index >= 15 is 0 Å². The summed E-state index contributed by atoms with van der Waals surface area (Å²) in [6.07, 6.45) is 11.5. The molecule has 2 heterocycles. The average molecular weight is 262 g/mol. The highest BCUT2D eigenvalue weighted by Crippen LogP contribution is 2.30. The van der Waals surface area contributed by atoms with Crippen LogP contribution >= 0.6 is 0 Å². The van der Waals surface area contributed by atoms with Crippen molar-refractivity contribution in [1.82, 2.24) is 14.8 Å². The van der Waals surface area contributed by atoms with Crippen molar-refractivity contribution >= 4 is 0 Å². The highest BCUT2D eigenvalue weighted by molar-refractivity contribution is 5.03. The number of aromatic nitrogens is 3. The molecule has 1 aromatic heterocycles. The molecule has 3 rings (SSSR count). The zero-order valence-corrected chi connectivity index (χ0v) is 12.0. The molecule has 0 radical (unpaired) electrons. The number of hydrogen-bond donors (Lipinski definition) is 1. The average Bonchev–Trinajstić information content (AvgIpc) is 2.87. The number of aryl methyl sites for hydroxylation is 1. The van der Waals surface area contributed by atoms with Crippen molar-refractivity contribution in [3.8, 4) is 0 Å². The van der Waals surface area contributed by atoms with Crippen LogP contribution in [0.3, 0.4) is 0 Å². The fraction of sp³-hybridized carbons (Fsp3) is 0.867. The van der Waals surface area contributed by atoms with Crippen molar-refractivity contribution in [1.29, 1.82) is 0 Å². The van der Waals surface area contributed by atoms with Crippen LogP contribution in [0.5, 0.6) is 0 Å². The lowest BCUT2D eigenvalue weighted by Crippen LogP contribution is -2.25. The first-order valence-electron chi connectivity index (χ1n) is 7.95. The van der Waals surface area contributed by atoms with Crippen LogP contribution in [-0.4, -0.2) is 14.8 Å². The molecule has 4 nitrogen and oxygen atoms in total. The van der Waals surface area contributed by atoms with Gasteiger partial charge in [0, 0.05) is 6.42 Å². The molecule has 19 heavy (non-hydrogen) atoms. The molecule has 0 aromatic carbocycles. The Morgan fingerprint density at radius 1 is 1.16 bits per heavy atom. The van der Waals surface area contributed by atoms with Gasteiger partial charge in [-0.25, -0.2) is 9.67 Å². The first-order chi connectivity index (χ1) is 9.24. The quantitative estimate of drug-likeness (QED) is 0.910. The highest BCUT2D eigenvalue weighted by Gasteiger charge is 2.25. The van der Waals surface area contributed by atoms with Gasteiger partial charge in [-0.2, -0.15) is 5.10 Å². The van der Waals surface area contributed by atoms with Crippen LogP contribution in [0.25, 0.3) is 0 Å². The maximum absolute atomic E-state index is 6.14. The molecule has 2 N–H and O–H groups in total. The van der Waals surface area contributed by atoms with Gasteiger partial charge >= 0.3 is 0 Å². The van der Waals surface area contributed by atoms with Crippen molar-refractivity contribution in [2.45, 2.75) is 76.8 Å². The van der Waals surface area contributed by atoms with Crippen LogP contribution < -0.4 is 5.73 Å². The molecule has 1 aromatic rings. The summed E-state index contributed by atoms with van der Waals surface area (Å²) in [5.41, 5.74) is 6.14. The third-order valence-corrected chi connectivity index (χ3v) is 4.85. The maximum atomic E-state index is 6.14. The largest absolute Gasteiger partial charge is 0.321 e. The van der Waals surface area contributed by atoms with Gasteiger partial charge in [-0.05, 0) is 32.1 Å². The van der Waals surface area contributed by atoms with Crippen molar-refractivity contribution < 1.29 is 0 Å². The number of nitrogens with zero attached hydrogens (tertiary/aromatic N) is 3. The Kier molecular flexibility index (Phi) is 3.87. The van der Waals surface area contributed by atoms with E-state index in [1.165, 1.54) is 38.5 Å². The van der Waals surface area contributed by atoms with E-state index in [-0.39, 0.29) is 6.04 Å². The van der Waals surface area contributed by atoms with E-state index < -0.39 is 0 Å². The summed E-state index contributed by atoms with van der Waals surface area (Å²) >= 11 is 0. The third kappa shape index (κ3) is 2.83. The summed E-state index contributed by atoms with van der Waals surface area (Å²) < 4.78 is 2.07. The van der Waals surface area contributed by atoms with E-state index in [4.69, 9.17) is 15.8 Å². The highest BCUT2D eigenvalue weighted by atomic mass is 15.4. The fourth-order valence-electron chi connectivity index (χ4n) is 3.55. The SMILES string of the molecule is CC1CCC(N)c2nc(CCC3CCCCC3)nn21. The van der Waals surface area contributed by atoms with E-state index in [1.807, 2.05) is 0 Å². The molecule has 2 atom stereocenters. The van der Waals surface area contributed by atoms with Gasteiger partial charge in [-0.15, -0.1) is 0 Å². The van der Waals surface area contributed by atoms with Crippen LogP contribution in [0.15, 0.2) is 0 Å². The number of fused-ring (bicyclic) bond motifs is 1. The second kappa shape index (κ2) is 5.61. The van der Waals surface area contributed by atoms with Crippen molar-refractivity contribution in [2.75, 3.05) is 0 Å². The Morgan fingerprint density at radius 3 is 2.68 bits per heavy atom. The van der Waals surface area contributed by atoms with Gasteiger partial charge in [0.1, 0.15) is 5.82 Å². The van der Waals surface area contributed by atoms with E-state index in [2.05, 4.69) is 11.6 Å². The van der Waals surface area contributed by atoms with E-state index in [1.54, 1.807) is 0 Å². The number of hydrogen-bond acceptors (Lipinski definition) is 3. The van der Waals surface area contributed by atoms with Gasteiger partial charge in [0.25, 0.3) is 0 Å². The Labute approximate surface area is 115 Å². The van der Waals surface area contributed by atoms with Crippen LogP contribution in [0.2, 0.25) is 0 Å². The summed E-state index contributed by atoms with van der Waals surface area (Å²) in [6.45, 7) is 2.22. The van der Waals surface area contributed by atoms with E-state index in [0.717, 1.165) is 36.8 Å². The van der Waals surface area contributed by atoms with Crippen LogP contribution in [-0.2, 0) is 6.42 Å². The normalized spacial score (nSPS) is 28.3. The smallest absolute Gasteiger partial charge is 0.151 e. The van der Waals surface area contributed by atoms with Gasteiger partial charge in [-0.3, -0.25) is 0 Å². The molecule has 1 aliphatic carbocycles. The number of rotatable bonds is 3. The molecule has 0 bridgehead atoms. The predicted molar refractivity (Wildman–Crippen MR) is 75.8 cm³/mol. The zero-order chi connectivity index (χ0) is 13.2. The summed E-state index contributed by atoms with van der Waals surface area (Å²) in [4.78, 5) is 4.69. The molecule has 1 saturated carbocycles. The molecular weight excluding hydrogens is 236 g/mol. The minimum Gasteiger partial charge on any atom is -0.321 e. The van der Waals surface area contributed by atoms with Crippen molar-refractivity contribution in [3.05, 3.63) is 11.6 Å². The Hall–Kier alpha value is -0.900. The topological polar surface area (TPSA) is 56.7 Å². The minimum atomic E-state index is 0.0899. The lowest BCUT2D eigenvalue weighted by Gasteiger charge is -2.23. The predicted octanol–water partition coefficient (Wildman–Crippen LogP) is 3.15. The molecule has 1 fully saturated rings. The van der Waals surface area contributed by atoms with Gasteiger partial charge in [0.05, 0.1) is 12.1 Å². The minimum absolute atomic E-state index is 0.0899. The van der Waals surface area contributed by atoms with Crippen LogP contribution in [0.1, 0.15) is 82.0 Å². The molecule has 2 unspecified atom stereocenters. The molecular formula is C15H26N4. The molecule has 106 valence electrons. The lowest BCUT2D eigenvalue weighted by atomic mass is 9.86.